The molecule has 278 valence electrons. The van der Waals surface area contributed by atoms with E-state index in [9.17, 15) is 0 Å². The van der Waals surface area contributed by atoms with Gasteiger partial charge in [-0.1, -0.05) is 146 Å². The van der Waals surface area contributed by atoms with E-state index in [0.29, 0.717) is 17.5 Å². The van der Waals surface area contributed by atoms with Crippen LogP contribution in [0.4, 0.5) is 0 Å². The van der Waals surface area contributed by atoms with Crippen molar-refractivity contribution in [2.24, 2.45) is 0 Å². The van der Waals surface area contributed by atoms with E-state index < -0.39 is 0 Å². The van der Waals surface area contributed by atoms with Crippen LogP contribution in [-0.4, -0.2) is 15.0 Å². The van der Waals surface area contributed by atoms with Gasteiger partial charge in [0.15, 0.2) is 17.5 Å². The standard InChI is InChI=1S/C55H31N3O2/c1-2-13-35-32(12-1)31-46(41-17-6-4-14-38(35)41)55-57-53(56-54(58-55)45-20-11-23-49-52(45)44-19-8-10-22-48(44)59-49)42-28-27-36(39-15-3-5-16-40(39)42)33-24-26-37-34(30-33)25-29-50-51(37)43-18-7-9-21-47(43)60-50/h1-31H. The predicted molar refractivity (Wildman–Crippen MR) is 246 cm³/mol. The molecule has 13 aromatic rings. The van der Waals surface area contributed by atoms with E-state index in [1.807, 2.05) is 42.5 Å². The molecular formula is C55H31N3O2. The Labute approximate surface area is 342 Å². The summed E-state index contributed by atoms with van der Waals surface area (Å²) >= 11 is 0. The third kappa shape index (κ3) is 4.90. The molecule has 0 unspecified atom stereocenters. The summed E-state index contributed by atoms with van der Waals surface area (Å²) in [5, 5.41) is 13.4. The van der Waals surface area contributed by atoms with Crippen molar-refractivity contribution in [2.45, 2.75) is 0 Å². The maximum Gasteiger partial charge on any atom is 0.164 e. The summed E-state index contributed by atoms with van der Waals surface area (Å²) < 4.78 is 12.6. The lowest BCUT2D eigenvalue weighted by Gasteiger charge is -2.15. The topological polar surface area (TPSA) is 65.0 Å². The molecule has 3 aromatic heterocycles. The van der Waals surface area contributed by atoms with Crippen LogP contribution in [0.25, 0.3) is 132 Å². The third-order valence-corrected chi connectivity index (χ3v) is 12.1. The first-order chi connectivity index (χ1) is 29.7. The first-order valence-corrected chi connectivity index (χ1v) is 20.2. The Morgan fingerprint density at radius 1 is 0.267 bits per heavy atom. The number of hydrogen-bond donors (Lipinski definition) is 0. The second kappa shape index (κ2) is 12.7. The van der Waals surface area contributed by atoms with Gasteiger partial charge in [0.2, 0.25) is 0 Å². The minimum absolute atomic E-state index is 0.588. The predicted octanol–water partition coefficient (Wildman–Crippen LogP) is 15.0. The van der Waals surface area contributed by atoms with Crippen LogP contribution in [0.5, 0.6) is 0 Å². The highest BCUT2D eigenvalue weighted by Gasteiger charge is 2.21. The van der Waals surface area contributed by atoms with Gasteiger partial charge in [-0.05, 0) is 96.7 Å². The summed E-state index contributed by atoms with van der Waals surface area (Å²) in [5.41, 5.74) is 8.47. The fraction of sp³-hybridized carbons (Fsp3) is 0. The number of fused-ring (bicyclic) bond motifs is 12. The second-order valence-corrected chi connectivity index (χ2v) is 15.5. The molecule has 0 fully saturated rings. The van der Waals surface area contributed by atoms with Crippen molar-refractivity contribution in [3.63, 3.8) is 0 Å². The Balaban J connectivity index is 1.05. The molecule has 0 spiro atoms. The molecule has 0 aliphatic carbocycles. The van der Waals surface area contributed by atoms with Crippen LogP contribution in [0.15, 0.2) is 197 Å². The fourth-order valence-corrected chi connectivity index (χ4v) is 9.40. The SMILES string of the molecule is c1ccc2c(c1)cc(-c1nc(-c3ccc(-c4ccc5c(ccc6oc7ccccc7c65)c4)c4ccccc34)nc(-c3cccc4oc5ccccc5c34)n1)c1ccccc12. The van der Waals surface area contributed by atoms with E-state index in [1.165, 1.54) is 10.8 Å². The molecule has 0 amide bonds. The number of nitrogens with zero attached hydrogens (tertiary/aromatic N) is 3. The van der Waals surface area contributed by atoms with Gasteiger partial charge in [-0.2, -0.15) is 0 Å². The first-order valence-electron chi connectivity index (χ1n) is 20.2. The van der Waals surface area contributed by atoms with Crippen molar-refractivity contribution >= 4 is 87.0 Å². The normalized spacial score (nSPS) is 12.0. The first kappa shape index (κ1) is 32.9. The fourth-order valence-electron chi connectivity index (χ4n) is 9.40. The lowest BCUT2D eigenvalue weighted by molar-refractivity contribution is 0.668. The summed E-state index contributed by atoms with van der Waals surface area (Å²) in [6, 6.07) is 65.7. The van der Waals surface area contributed by atoms with Crippen molar-refractivity contribution < 1.29 is 8.83 Å². The molecule has 0 atom stereocenters. The van der Waals surface area contributed by atoms with E-state index in [2.05, 4.69) is 146 Å². The van der Waals surface area contributed by atoms with Crippen LogP contribution >= 0.6 is 0 Å². The quantitative estimate of drug-likeness (QED) is 0.167. The third-order valence-electron chi connectivity index (χ3n) is 12.1. The maximum atomic E-state index is 6.35. The zero-order valence-electron chi connectivity index (χ0n) is 32.1. The summed E-state index contributed by atoms with van der Waals surface area (Å²) in [4.78, 5) is 16.1. The molecule has 0 saturated carbocycles. The minimum atomic E-state index is 0.588. The molecule has 0 aliphatic rings. The molecule has 0 aliphatic heterocycles. The molecule has 5 nitrogen and oxygen atoms in total. The van der Waals surface area contributed by atoms with E-state index in [-0.39, 0.29) is 0 Å². The number of para-hydroxylation sites is 2. The van der Waals surface area contributed by atoms with Crippen molar-refractivity contribution in [3.05, 3.63) is 188 Å². The molecule has 60 heavy (non-hydrogen) atoms. The number of rotatable bonds is 4. The number of aromatic nitrogens is 3. The lowest BCUT2D eigenvalue weighted by Crippen LogP contribution is -2.01. The van der Waals surface area contributed by atoms with Crippen molar-refractivity contribution in [2.75, 3.05) is 0 Å². The highest BCUT2D eigenvalue weighted by molar-refractivity contribution is 6.20. The summed E-state index contributed by atoms with van der Waals surface area (Å²) in [6.07, 6.45) is 0. The zero-order valence-corrected chi connectivity index (χ0v) is 32.1. The Bertz CT molecular complexity index is 3910. The average molecular weight is 766 g/mol. The number of benzene rings is 10. The van der Waals surface area contributed by atoms with Gasteiger partial charge in [0, 0.05) is 38.2 Å². The van der Waals surface area contributed by atoms with Crippen LogP contribution in [0.3, 0.4) is 0 Å². The van der Waals surface area contributed by atoms with E-state index in [4.69, 9.17) is 23.8 Å². The largest absolute Gasteiger partial charge is 0.456 e. The molecule has 0 saturated heterocycles. The van der Waals surface area contributed by atoms with Gasteiger partial charge < -0.3 is 8.83 Å². The van der Waals surface area contributed by atoms with E-state index >= 15 is 0 Å². The average Bonchev–Trinajstić information content (AvgIpc) is 3.90. The maximum absolute atomic E-state index is 6.35. The summed E-state index contributed by atoms with van der Waals surface area (Å²) in [7, 11) is 0. The van der Waals surface area contributed by atoms with Crippen molar-refractivity contribution in [1.82, 2.24) is 15.0 Å². The monoisotopic (exact) mass is 765 g/mol. The van der Waals surface area contributed by atoms with Crippen LogP contribution in [0, 0.1) is 0 Å². The minimum Gasteiger partial charge on any atom is -0.456 e. The Kier molecular flexibility index (Phi) is 6.95. The molecule has 0 bridgehead atoms. The van der Waals surface area contributed by atoms with Gasteiger partial charge in [0.1, 0.15) is 22.3 Å². The molecule has 13 rings (SSSR count). The summed E-state index contributed by atoms with van der Waals surface area (Å²) in [6.45, 7) is 0. The highest BCUT2D eigenvalue weighted by Crippen LogP contribution is 2.42. The Morgan fingerprint density at radius 3 is 1.53 bits per heavy atom. The summed E-state index contributed by atoms with van der Waals surface area (Å²) in [5.74, 6) is 1.81. The molecule has 0 radical (unpaired) electrons. The number of hydrogen-bond acceptors (Lipinski definition) is 5. The van der Waals surface area contributed by atoms with E-state index in [1.54, 1.807) is 0 Å². The molecule has 0 N–H and O–H groups in total. The van der Waals surface area contributed by atoms with Gasteiger partial charge in [-0.15, -0.1) is 0 Å². The Hall–Kier alpha value is -8.15. The van der Waals surface area contributed by atoms with E-state index in [0.717, 1.165) is 104 Å². The molecule has 10 aromatic carbocycles. The van der Waals surface area contributed by atoms with Crippen molar-refractivity contribution in [3.8, 4) is 45.3 Å². The zero-order chi connectivity index (χ0) is 39.3. The van der Waals surface area contributed by atoms with Crippen LogP contribution in [0.1, 0.15) is 0 Å². The lowest BCUT2D eigenvalue weighted by atomic mass is 9.92. The molecule has 3 heterocycles. The van der Waals surface area contributed by atoms with Gasteiger partial charge in [0.05, 0.1) is 0 Å². The van der Waals surface area contributed by atoms with Crippen LogP contribution in [0.2, 0.25) is 0 Å². The van der Waals surface area contributed by atoms with Gasteiger partial charge in [0.25, 0.3) is 0 Å². The van der Waals surface area contributed by atoms with Gasteiger partial charge in [-0.3, -0.25) is 0 Å². The highest BCUT2D eigenvalue weighted by atomic mass is 16.3. The Morgan fingerprint density at radius 2 is 0.783 bits per heavy atom. The molecular weight excluding hydrogens is 735 g/mol. The molecule has 5 heteroatoms. The van der Waals surface area contributed by atoms with Crippen molar-refractivity contribution in [1.29, 1.82) is 0 Å². The van der Waals surface area contributed by atoms with Gasteiger partial charge >= 0.3 is 0 Å². The van der Waals surface area contributed by atoms with Gasteiger partial charge in [-0.25, -0.2) is 15.0 Å². The van der Waals surface area contributed by atoms with Crippen LogP contribution < -0.4 is 0 Å². The number of furan rings is 2. The smallest absolute Gasteiger partial charge is 0.164 e. The second-order valence-electron chi connectivity index (χ2n) is 15.5. The van der Waals surface area contributed by atoms with Crippen LogP contribution in [-0.2, 0) is 0 Å².